The number of benzene rings is 2. The van der Waals surface area contributed by atoms with Crippen molar-refractivity contribution in [2.75, 3.05) is 13.3 Å². The van der Waals surface area contributed by atoms with Crippen LogP contribution < -0.4 is 14.8 Å². The highest BCUT2D eigenvalue weighted by Crippen LogP contribution is 2.34. The van der Waals surface area contributed by atoms with Gasteiger partial charge in [0.2, 0.25) is 6.79 Å². The first-order valence-electron chi connectivity index (χ1n) is 6.75. The number of ether oxygens (including phenoxy) is 2. The Morgan fingerprint density at radius 2 is 2.00 bits per heavy atom. The van der Waals surface area contributed by atoms with E-state index in [1.165, 1.54) is 12.1 Å². The van der Waals surface area contributed by atoms with Crippen LogP contribution in [0.25, 0.3) is 0 Å². The molecule has 0 spiro atoms. The molecule has 0 radical (unpaired) electrons. The fraction of sp³-hybridized carbons (Fsp3) is 0.250. The van der Waals surface area contributed by atoms with Crippen LogP contribution in [0.2, 0.25) is 0 Å². The number of rotatable bonds is 5. The molecular formula is C16H16FNO3. The predicted molar refractivity (Wildman–Crippen MR) is 75.6 cm³/mol. The Bertz CT molecular complexity index is 633. The maximum Gasteiger partial charge on any atom is 0.231 e. The fourth-order valence-corrected chi connectivity index (χ4v) is 2.24. The quantitative estimate of drug-likeness (QED) is 0.887. The minimum Gasteiger partial charge on any atom is -0.454 e. The summed E-state index contributed by atoms with van der Waals surface area (Å²) < 4.78 is 23.6. The number of hydrogen-bond donors (Lipinski definition) is 2. The molecule has 1 heterocycles. The van der Waals surface area contributed by atoms with Crippen LogP contribution in [0.1, 0.15) is 17.2 Å². The lowest BCUT2D eigenvalue weighted by Gasteiger charge is -2.13. The average Bonchev–Trinajstić information content (AvgIpc) is 2.94. The molecule has 0 saturated carbocycles. The smallest absolute Gasteiger partial charge is 0.231 e. The number of fused-ring (bicyclic) bond motifs is 1. The second-order valence-corrected chi connectivity index (χ2v) is 4.89. The largest absolute Gasteiger partial charge is 0.454 e. The van der Waals surface area contributed by atoms with Crippen LogP contribution in [0.5, 0.6) is 11.5 Å². The van der Waals surface area contributed by atoms with E-state index < -0.39 is 6.10 Å². The molecule has 0 bridgehead atoms. The van der Waals surface area contributed by atoms with Gasteiger partial charge in [-0.1, -0.05) is 18.2 Å². The van der Waals surface area contributed by atoms with E-state index in [1.54, 1.807) is 18.2 Å². The van der Waals surface area contributed by atoms with E-state index in [9.17, 15) is 9.50 Å². The molecule has 1 aliphatic heterocycles. The molecule has 0 aromatic heterocycles. The Hall–Kier alpha value is -2.11. The third-order valence-electron chi connectivity index (χ3n) is 3.34. The van der Waals surface area contributed by atoms with E-state index in [1.807, 2.05) is 12.1 Å². The molecule has 1 atom stereocenters. The second kappa shape index (κ2) is 6.11. The Morgan fingerprint density at radius 1 is 1.14 bits per heavy atom. The van der Waals surface area contributed by atoms with Crippen molar-refractivity contribution in [3.8, 4) is 11.5 Å². The average molecular weight is 289 g/mol. The first-order chi connectivity index (χ1) is 10.2. The van der Waals surface area contributed by atoms with Crippen LogP contribution in [0, 0.1) is 5.82 Å². The molecule has 0 fully saturated rings. The summed E-state index contributed by atoms with van der Waals surface area (Å²) in [4.78, 5) is 0. The molecule has 0 saturated heterocycles. The summed E-state index contributed by atoms with van der Waals surface area (Å²) in [6.45, 7) is 1.09. The number of nitrogens with one attached hydrogen (secondary N) is 1. The van der Waals surface area contributed by atoms with Crippen molar-refractivity contribution in [2.45, 2.75) is 12.6 Å². The molecular weight excluding hydrogens is 273 g/mol. The van der Waals surface area contributed by atoms with E-state index in [0.717, 1.165) is 11.1 Å². The predicted octanol–water partition coefficient (Wildman–Crippen LogP) is 2.38. The topological polar surface area (TPSA) is 50.7 Å². The molecule has 3 rings (SSSR count). The van der Waals surface area contributed by atoms with E-state index in [-0.39, 0.29) is 12.6 Å². The number of aliphatic hydroxyl groups is 1. The fourth-order valence-electron chi connectivity index (χ4n) is 2.24. The highest BCUT2D eigenvalue weighted by Gasteiger charge is 2.16. The minimum absolute atomic E-state index is 0.215. The highest BCUT2D eigenvalue weighted by atomic mass is 19.1. The van der Waals surface area contributed by atoms with Gasteiger partial charge in [-0.15, -0.1) is 0 Å². The summed E-state index contributed by atoms with van der Waals surface area (Å²) in [5, 5.41) is 13.3. The van der Waals surface area contributed by atoms with Crippen LogP contribution in [0.4, 0.5) is 4.39 Å². The Kier molecular flexibility index (Phi) is 4.03. The van der Waals surface area contributed by atoms with E-state index in [0.29, 0.717) is 24.6 Å². The van der Waals surface area contributed by atoms with Crippen LogP contribution in [-0.4, -0.2) is 18.4 Å². The molecule has 2 aromatic rings. The number of halogens is 1. The summed E-state index contributed by atoms with van der Waals surface area (Å²) in [6.07, 6.45) is -0.659. The Labute approximate surface area is 122 Å². The maximum absolute atomic E-state index is 13.0. The molecule has 110 valence electrons. The van der Waals surface area contributed by atoms with Gasteiger partial charge in [-0.3, -0.25) is 0 Å². The van der Waals surface area contributed by atoms with Crippen LogP contribution in [0.15, 0.2) is 42.5 Å². The molecule has 21 heavy (non-hydrogen) atoms. The monoisotopic (exact) mass is 289 g/mol. The van der Waals surface area contributed by atoms with E-state index in [2.05, 4.69) is 5.32 Å². The van der Waals surface area contributed by atoms with Crippen molar-refractivity contribution in [2.24, 2.45) is 0 Å². The van der Waals surface area contributed by atoms with Crippen molar-refractivity contribution < 1.29 is 19.0 Å². The van der Waals surface area contributed by atoms with Gasteiger partial charge in [0.1, 0.15) is 5.82 Å². The van der Waals surface area contributed by atoms with Gasteiger partial charge in [-0.25, -0.2) is 4.39 Å². The van der Waals surface area contributed by atoms with Crippen LogP contribution in [0.3, 0.4) is 0 Å². The Balaban J connectivity index is 1.55. The van der Waals surface area contributed by atoms with Gasteiger partial charge in [-0.05, 0) is 35.4 Å². The summed E-state index contributed by atoms with van der Waals surface area (Å²) in [7, 11) is 0. The van der Waals surface area contributed by atoms with Gasteiger partial charge in [0.05, 0.1) is 6.10 Å². The third-order valence-corrected chi connectivity index (χ3v) is 3.34. The van der Waals surface area contributed by atoms with Gasteiger partial charge >= 0.3 is 0 Å². The van der Waals surface area contributed by atoms with Gasteiger partial charge in [0, 0.05) is 13.1 Å². The zero-order valence-corrected chi connectivity index (χ0v) is 11.4. The molecule has 2 aromatic carbocycles. The van der Waals surface area contributed by atoms with Crippen LogP contribution in [-0.2, 0) is 6.54 Å². The standard InChI is InChI=1S/C16H16FNO3/c17-13-3-1-2-11(6-13)8-18-9-14(19)12-4-5-15-16(7-12)21-10-20-15/h1-7,14,18-19H,8-10H2. The molecule has 1 unspecified atom stereocenters. The lowest BCUT2D eigenvalue weighted by molar-refractivity contribution is 0.170. The summed E-state index contributed by atoms with van der Waals surface area (Å²) in [5.41, 5.74) is 1.60. The van der Waals surface area contributed by atoms with Crippen molar-refractivity contribution in [3.63, 3.8) is 0 Å². The minimum atomic E-state index is -0.659. The molecule has 5 heteroatoms. The first kappa shape index (κ1) is 13.9. The molecule has 4 nitrogen and oxygen atoms in total. The van der Waals surface area contributed by atoms with Crippen molar-refractivity contribution in [1.29, 1.82) is 0 Å². The number of aliphatic hydroxyl groups excluding tert-OH is 1. The lowest BCUT2D eigenvalue weighted by Crippen LogP contribution is -2.21. The second-order valence-electron chi connectivity index (χ2n) is 4.89. The van der Waals surface area contributed by atoms with E-state index in [4.69, 9.17) is 9.47 Å². The maximum atomic E-state index is 13.0. The van der Waals surface area contributed by atoms with Gasteiger partial charge in [0.15, 0.2) is 11.5 Å². The first-order valence-corrected chi connectivity index (χ1v) is 6.75. The summed E-state index contributed by atoms with van der Waals surface area (Å²) in [6, 6.07) is 11.8. The number of hydrogen-bond acceptors (Lipinski definition) is 4. The van der Waals surface area contributed by atoms with Crippen LogP contribution >= 0.6 is 0 Å². The molecule has 2 N–H and O–H groups in total. The SMILES string of the molecule is OC(CNCc1cccc(F)c1)c1ccc2c(c1)OCO2. The van der Waals surface area contributed by atoms with Crippen molar-refractivity contribution >= 4 is 0 Å². The van der Waals surface area contributed by atoms with Gasteiger partial charge in [-0.2, -0.15) is 0 Å². The van der Waals surface area contributed by atoms with E-state index >= 15 is 0 Å². The zero-order valence-electron chi connectivity index (χ0n) is 11.4. The van der Waals surface area contributed by atoms with Crippen molar-refractivity contribution in [3.05, 3.63) is 59.4 Å². The zero-order chi connectivity index (χ0) is 14.7. The lowest BCUT2D eigenvalue weighted by atomic mass is 10.1. The third kappa shape index (κ3) is 3.32. The summed E-state index contributed by atoms with van der Waals surface area (Å²) in [5.74, 6) is 1.08. The van der Waals surface area contributed by atoms with Gasteiger partial charge in [0.25, 0.3) is 0 Å². The summed E-state index contributed by atoms with van der Waals surface area (Å²) >= 11 is 0. The van der Waals surface area contributed by atoms with Crippen molar-refractivity contribution in [1.82, 2.24) is 5.32 Å². The molecule has 0 amide bonds. The highest BCUT2D eigenvalue weighted by molar-refractivity contribution is 5.45. The Morgan fingerprint density at radius 3 is 2.86 bits per heavy atom. The molecule has 1 aliphatic rings. The normalized spacial score (nSPS) is 14.2. The molecule has 0 aliphatic carbocycles. The van der Waals surface area contributed by atoms with Gasteiger partial charge < -0.3 is 19.9 Å².